The van der Waals surface area contributed by atoms with Crippen LogP contribution in [0.25, 0.3) is 0 Å². The smallest absolute Gasteiger partial charge is 0.118 e. The molecular weight excluding hydrogens is 320 g/mol. The number of benzene rings is 3. The Morgan fingerprint density at radius 2 is 1.23 bits per heavy atom. The highest BCUT2D eigenvalue weighted by Gasteiger charge is 2.22. The lowest BCUT2D eigenvalue weighted by atomic mass is 9.84. The minimum Gasteiger partial charge on any atom is -0.378 e. The van der Waals surface area contributed by atoms with Crippen LogP contribution in [0.4, 0.5) is 5.69 Å². The molecule has 3 heteroatoms. The molecule has 26 heavy (non-hydrogen) atoms. The minimum atomic E-state index is -0.366. The molecule has 0 aromatic heterocycles. The van der Waals surface area contributed by atoms with Gasteiger partial charge in [0.15, 0.2) is 0 Å². The Morgan fingerprint density at radius 3 is 1.73 bits per heavy atom. The molecule has 3 aromatic rings. The van der Waals surface area contributed by atoms with Gasteiger partial charge in [-0.25, -0.2) is 0 Å². The zero-order valence-corrected chi connectivity index (χ0v) is 15.2. The summed E-state index contributed by atoms with van der Waals surface area (Å²) in [5, 5.41) is 3.44. The van der Waals surface area contributed by atoms with E-state index in [0.717, 1.165) is 11.3 Å². The Hall–Kier alpha value is -2.94. The molecule has 0 bridgehead atoms. The third kappa shape index (κ3) is 4.17. The molecule has 132 valence electrons. The quantitative estimate of drug-likeness (QED) is 0.509. The summed E-state index contributed by atoms with van der Waals surface area (Å²) in [4.78, 5) is 13.7. The molecule has 2 unspecified atom stereocenters. The molecule has 3 rings (SSSR count). The van der Waals surface area contributed by atoms with Crippen LogP contribution in [0, 0.1) is 4.91 Å². The first-order valence-corrected chi connectivity index (χ1v) is 8.88. The predicted octanol–water partition coefficient (Wildman–Crippen LogP) is 5.78. The summed E-state index contributed by atoms with van der Waals surface area (Å²) in [7, 11) is 4.07. The molecule has 0 fully saturated rings. The number of hydrogen-bond donors (Lipinski definition) is 0. The number of nitroso groups, excluding NO2 is 1. The van der Waals surface area contributed by atoms with Crippen LogP contribution >= 0.6 is 0 Å². The number of anilines is 1. The van der Waals surface area contributed by atoms with E-state index in [-0.39, 0.29) is 12.0 Å². The summed E-state index contributed by atoms with van der Waals surface area (Å²) >= 11 is 0. The van der Waals surface area contributed by atoms with Crippen molar-refractivity contribution >= 4 is 5.69 Å². The molecule has 2 atom stereocenters. The van der Waals surface area contributed by atoms with Crippen molar-refractivity contribution < 1.29 is 0 Å². The Labute approximate surface area is 155 Å². The Balaban J connectivity index is 1.94. The zero-order chi connectivity index (χ0) is 18.4. The van der Waals surface area contributed by atoms with Crippen molar-refractivity contribution in [2.24, 2.45) is 5.18 Å². The summed E-state index contributed by atoms with van der Waals surface area (Å²) in [6.45, 7) is 0. The van der Waals surface area contributed by atoms with Gasteiger partial charge < -0.3 is 4.90 Å². The van der Waals surface area contributed by atoms with Crippen LogP contribution < -0.4 is 4.90 Å². The van der Waals surface area contributed by atoms with Crippen LogP contribution in [0.1, 0.15) is 35.1 Å². The molecule has 0 aliphatic rings. The minimum absolute atomic E-state index is 0.121. The van der Waals surface area contributed by atoms with Gasteiger partial charge in [-0.15, -0.1) is 0 Å². The van der Waals surface area contributed by atoms with E-state index >= 15 is 0 Å². The van der Waals surface area contributed by atoms with Crippen molar-refractivity contribution in [3.05, 3.63) is 107 Å². The standard InChI is InChI=1S/C23H24N2O/c1-25(2)21-15-13-19(14-16-21)22(18-9-5-3-6-10-18)17-23(24-26)20-11-7-4-8-12-20/h3-16,22-23H,17H2,1-2H3. The highest BCUT2D eigenvalue weighted by atomic mass is 16.3. The maximum absolute atomic E-state index is 11.6. The van der Waals surface area contributed by atoms with E-state index in [0.29, 0.717) is 6.42 Å². The first kappa shape index (κ1) is 17.9. The highest BCUT2D eigenvalue weighted by Crippen LogP contribution is 2.36. The summed E-state index contributed by atoms with van der Waals surface area (Å²) in [5.41, 5.74) is 4.53. The van der Waals surface area contributed by atoms with Gasteiger partial charge in [0.2, 0.25) is 0 Å². The maximum Gasteiger partial charge on any atom is 0.118 e. The number of nitrogens with zero attached hydrogens (tertiary/aromatic N) is 2. The molecular formula is C23H24N2O. The van der Waals surface area contributed by atoms with Crippen molar-refractivity contribution in [1.29, 1.82) is 0 Å². The fraction of sp³-hybridized carbons (Fsp3) is 0.217. The molecule has 0 saturated heterocycles. The predicted molar refractivity (Wildman–Crippen MR) is 109 cm³/mol. The van der Waals surface area contributed by atoms with Gasteiger partial charge in [0.05, 0.1) is 0 Å². The van der Waals surface area contributed by atoms with Crippen LogP contribution in [-0.2, 0) is 0 Å². The van der Waals surface area contributed by atoms with Crippen molar-refractivity contribution in [3.63, 3.8) is 0 Å². The van der Waals surface area contributed by atoms with Crippen molar-refractivity contribution in [3.8, 4) is 0 Å². The van der Waals surface area contributed by atoms with E-state index in [2.05, 4.69) is 46.5 Å². The van der Waals surface area contributed by atoms with Crippen LogP contribution in [0.5, 0.6) is 0 Å². The lowest BCUT2D eigenvalue weighted by Gasteiger charge is -2.22. The molecule has 0 radical (unpaired) electrons. The fourth-order valence-corrected chi connectivity index (χ4v) is 3.29. The van der Waals surface area contributed by atoms with Crippen LogP contribution in [-0.4, -0.2) is 14.1 Å². The maximum atomic E-state index is 11.6. The molecule has 0 aliphatic carbocycles. The molecule has 3 nitrogen and oxygen atoms in total. The van der Waals surface area contributed by atoms with Crippen molar-refractivity contribution in [1.82, 2.24) is 0 Å². The number of hydrogen-bond acceptors (Lipinski definition) is 3. The Bertz CT molecular complexity index is 814. The van der Waals surface area contributed by atoms with Gasteiger partial charge >= 0.3 is 0 Å². The van der Waals surface area contributed by atoms with E-state index in [9.17, 15) is 4.91 Å². The normalized spacial score (nSPS) is 13.0. The summed E-state index contributed by atoms with van der Waals surface area (Å²) < 4.78 is 0. The zero-order valence-electron chi connectivity index (χ0n) is 15.2. The SMILES string of the molecule is CN(C)c1ccc(C(CC(N=O)c2ccccc2)c2ccccc2)cc1. The average molecular weight is 344 g/mol. The summed E-state index contributed by atoms with van der Waals surface area (Å²) in [5.74, 6) is 0.121. The Morgan fingerprint density at radius 1 is 0.731 bits per heavy atom. The van der Waals surface area contributed by atoms with E-state index in [1.807, 2.05) is 62.6 Å². The van der Waals surface area contributed by atoms with E-state index < -0.39 is 0 Å². The lowest BCUT2D eigenvalue weighted by molar-refractivity contribution is 0.594. The monoisotopic (exact) mass is 344 g/mol. The second-order valence-corrected chi connectivity index (χ2v) is 6.72. The highest BCUT2D eigenvalue weighted by molar-refractivity contribution is 5.48. The second-order valence-electron chi connectivity index (χ2n) is 6.72. The van der Waals surface area contributed by atoms with E-state index in [1.165, 1.54) is 11.1 Å². The van der Waals surface area contributed by atoms with Gasteiger partial charge in [0.1, 0.15) is 6.04 Å². The van der Waals surface area contributed by atoms with Gasteiger partial charge in [0.25, 0.3) is 0 Å². The molecule has 0 aliphatic heterocycles. The average Bonchev–Trinajstić information content (AvgIpc) is 2.70. The van der Waals surface area contributed by atoms with Crippen molar-refractivity contribution in [2.45, 2.75) is 18.4 Å². The van der Waals surface area contributed by atoms with Gasteiger partial charge in [-0.1, -0.05) is 78.0 Å². The molecule has 3 aromatic carbocycles. The van der Waals surface area contributed by atoms with Crippen molar-refractivity contribution in [2.75, 3.05) is 19.0 Å². The molecule has 0 spiro atoms. The fourth-order valence-electron chi connectivity index (χ4n) is 3.29. The second kappa shape index (κ2) is 8.43. The number of rotatable bonds is 7. The van der Waals surface area contributed by atoms with Gasteiger partial charge in [-0.3, -0.25) is 0 Å². The molecule has 0 N–H and O–H groups in total. The van der Waals surface area contributed by atoms with Gasteiger partial charge in [-0.2, -0.15) is 4.91 Å². The largest absolute Gasteiger partial charge is 0.378 e. The van der Waals surface area contributed by atoms with E-state index in [1.54, 1.807) is 0 Å². The third-order valence-corrected chi connectivity index (χ3v) is 4.78. The third-order valence-electron chi connectivity index (χ3n) is 4.78. The topological polar surface area (TPSA) is 32.7 Å². The first-order chi connectivity index (χ1) is 12.7. The molecule has 0 saturated carbocycles. The molecule has 0 amide bonds. The van der Waals surface area contributed by atoms with Gasteiger partial charge in [0, 0.05) is 25.7 Å². The first-order valence-electron chi connectivity index (χ1n) is 8.88. The molecule has 0 heterocycles. The van der Waals surface area contributed by atoms with E-state index in [4.69, 9.17) is 0 Å². The van der Waals surface area contributed by atoms with Gasteiger partial charge in [-0.05, 0) is 35.2 Å². The summed E-state index contributed by atoms with van der Waals surface area (Å²) in [6.07, 6.45) is 0.652. The van der Waals surface area contributed by atoms with Crippen LogP contribution in [0.3, 0.4) is 0 Å². The van der Waals surface area contributed by atoms with Crippen LogP contribution in [0.15, 0.2) is 90.1 Å². The summed E-state index contributed by atoms with van der Waals surface area (Å²) in [6, 6.07) is 28.4. The van der Waals surface area contributed by atoms with Crippen LogP contribution in [0.2, 0.25) is 0 Å². The Kier molecular flexibility index (Phi) is 5.80. The lowest BCUT2D eigenvalue weighted by Crippen LogP contribution is -2.10.